The number of benzene rings is 3. The van der Waals surface area contributed by atoms with Crippen molar-refractivity contribution >= 4 is 47.2 Å². The Hall–Kier alpha value is -4.89. The Bertz CT molecular complexity index is 1510. The molecule has 0 fully saturated rings. The Balaban J connectivity index is 1.28. The van der Waals surface area contributed by atoms with Gasteiger partial charge in [0.05, 0.1) is 23.3 Å². The molecule has 1 aliphatic heterocycles. The third-order valence-electron chi connectivity index (χ3n) is 5.69. The van der Waals surface area contributed by atoms with E-state index in [9.17, 15) is 19.2 Å². The van der Waals surface area contributed by atoms with E-state index in [0.717, 1.165) is 4.90 Å². The smallest absolute Gasteiger partial charge is 0.272 e. The summed E-state index contributed by atoms with van der Waals surface area (Å²) >= 11 is 1.29. The molecule has 0 atom stereocenters. The number of nitrogens with zero attached hydrogens (tertiary/aromatic N) is 1. The van der Waals surface area contributed by atoms with Gasteiger partial charge >= 0.3 is 0 Å². The Morgan fingerprint density at radius 3 is 2.24 bits per heavy atom. The monoisotopic (exact) mass is 523 g/mol. The van der Waals surface area contributed by atoms with E-state index in [1.54, 1.807) is 84.9 Å². The summed E-state index contributed by atoms with van der Waals surface area (Å²) in [6.07, 6.45) is 2.91. The molecule has 2 heterocycles. The highest BCUT2D eigenvalue weighted by molar-refractivity contribution is 7.99. The van der Waals surface area contributed by atoms with Gasteiger partial charge in [-0.3, -0.25) is 24.1 Å². The van der Waals surface area contributed by atoms with Gasteiger partial charge in [-0.25, -0.2) is 0 Å². The first-order valence-electron chi connectivity index (χ1n) is 11.6. The van der Waals surface area contributed by atoms with Crippen LogP contribution in [-0.4, -0.2) is 34.4 Å². The second-order valence-corrected chi connectivity index (χ2v) is 9.25. The number of imide groups is 1. The Morgan fingerprint density at radius 1 is 0.842 bits per heavy atom. The predicted molar refractivity (Wildman–Crippen MR) is 143 cm³/mol. The van der Waals surface area contributed by atoms with Crippen LogP contribution in [0.4, 0.5) is 5.69 Å². The van der Waals surface area contributed by atoms with Crippen LogP contribution in [0.25, 0.3) is 6.08 Å². The van der Waals surface area contributed by atoms with E-state index >= 15 is 0 Å². The number of nitrogens with one attached hydrogen (secondary N) is 2. The van der Waals surface area contributed by atoms with Crippen LogP contribution in [0.3, 0.4) is 0 Å². The summed E-state index contributed by atoms with van der Waals surface area (Å²) in [4.78, 5) is 53.1. The molecule has 8 nitrogen and oxygen atoms in total. The summed E-state index contributed by atoms with van der Waals surface area (Å²) in [5.74, 6) is -1.12. The van der Waals surface area contributed by atoms with Gasteiger partial charge < -0.3 is 15.1 Å². The van der Waals surface area contributed by atoms with Gasteiger partial charge in [0.25, 0.3) is 23.6 Å². The fourth-order valence-electron chi connectivity index (χ4n) is 3.82. The SMILES string of the molecule is O=C(Nc1cccc(SCN2C(=O)c3ccccc3C2=O)c1)/C(=C\c1ccco1)NC(=O)c1ccccc1. The highest BCUT2D eigenvalue weighted by Gasteiger charge is 2.34. The number of fused-ring (bicyclic) bond motifs is 1. The summed E-state index contributed by atoms with van der Waals surface area (Å²) in [5, 5.41) is 5.44. The predicted octanol–water partition coefficient (Wildman–Crippen LogP) is 5.04. The van der Waals surface area contributed by atoms with Crippen LogP contribution < -0.4 is 10.6 Å². The molecule has 0 saturated carbocycles. The molecule has 3 aromatic carbocycles. The lowest BCUT2D eigenvalue weighted by Crippen LogP contribution is -2.30. The Morgan fingerprint density at radius 2 is 1.55 bits per heavy atom. The van der Waals surface area contributed by atoms with Gasteiger partial charge in [0.2, 0.25) is 0 Å². The van der Waals surface area contributed by atoms with E-state index in [0.29, 0.717) is 28.1 Å². The van der Waals surface area contributed by atoms with Crippen molar-refractivity contribution in [1.29, 1.82) is 0 Å². The molecule has 0 saturated heterocycles. The zero-order chi connectivity index (χ0) is 26.5. The number of amides is 4. The molecular formula is C29H21N3O5S. The summed E-state index contributed by atoms with van der Waals surface area (Å²) in [7, 11) is 0. The molecule has 4 aromatic rings. The number of hydrogen-bond acceptors (Lipinski definition) is 6. The maximum Gasteiger partial charge on any atom is 0.272 e. The van der Waals surface area contributed by atoms with Crippen LogP contribution in [0.2, 0.25) is 0 Å². The van der Waals surface area contributed by atoms with Gasteiger partial charge in [-0.15, -0.1) is 11.8 Å². The molecule has 0 bridgehead atoms. The van der Waals surface area contributed by atoms with Gasteiger partial charge in [0.15, 0.2) is 0 Å². The van der Waals surface area contributed by atoms with Crippen LogP contribution in [-0.2, 0) is 4.79 Å². The zero-order valence-electron chi connectivity index (χ0n) is 19.9. The third kappa shape index (κ3) is 5.42. The van der Waals surface area contributed by atoms with E-state index in [1.165, 1.54) is 29.0 Å². The molecule has 188 valence electrons. The van der Waals surface area contributed by atoms with Crippen molar-refractivity contribution in [2.45, 2.75) is 4.90 Å². The molecule has 5 rings (SSSR count). The number of carbonyl (C=O) groups is 4. The van der Waals surface area contributed by atoms with E-state index in [1.807, 2.05) is 6.07 Å². The molecule has 0 radical (unpaired) electrons. The van der Waals surface area contributed by atoms with Crippen molar-refractivity contribution in [3.05, 3.63) is 125 Å². The average molecular weight is 524 g/mol. The second-order valence-electron chi connectivity index (χ2n) is 8.23. The molecule has 38 heavy (non-hydrogen) atoms. The lowest BCUT2D eigenvalue weighted by Gasteiger charge is -2.14. The summed E-state index contributed by atoms with van der Waals surface area (Å²) in [6.45, 7) is 0. The first-order chi connectivity index (χ1) is 18.5. The largest absolute Gasteiger partial charge is 0.465 e. The summed E-state index contributed by atoms with van der Waals surface area (Å²) in [6, 6.07) is 25.6. The number of hydrogen-bond donors (Lipinski definition) is 2. The van der Waals surface area contributed by atoms with Crippen molar-refractivity contribution in [2.24, 2.45) is 0 Å². The van der Waals surface area contributed by atoms with Crippen LogP contribution in [0, 0.1) is 0 Å². The lowest BCUT2D eigenvalue weighted by molar-refractivity contribution is -0.113. The minimum Gasteiger partial charge on any atom is -0.465 e. The van der Waals surface area contributed by atoms with Crippen LogP contribution in [0.1, 0.15) is 36.8 Å². The fraction of sp³-hybridized carbons (Fsp3) is 0.0345. The average Bonchev–Trinajstić information content (AvgIpc) is 3.54. The topological polar surface area (TPSA) is 109 Å². The first kappa shape index (κ1) is 24.8. The normalized spacial score (nSPS) is 12.8. The quantitative estimate of drug-likeness (QED) is 0.190. The fourth-order valence-corrected chi connectivity index (χ4v) is 4.71. The zero-order valence-corrected chi connectivity index (χ0v) is 20.7. The van der Waals surface area contributed by atoms with Crippen molar-refractivity contribution in [3.63, 3.8) is 0 Å². The van der Waals surface area contributed by atoms with E-state index in [-0.39, 0.29) is 23.4 Å². The van der Waals surface area contributed by atoms with Gasteiger partial charge in [0.1, 0.15) is 11.5 Å². The third-order valence-corrected chi connectivity index (χ3v) is 6.66. The Labute approximate surface area is 222 Å². The molecular weight excluding hydrogens is 502 g/mol. The van der Waals surface area contributed by atoms with E-state index in [4.69, 9.17) is 4.42 Å². The van der Waals surface area contributed by atoms with Crippen LogP contribution >= 0.6 is 11.8 Å². The lowest BCUT2D eigenvalue weighted by atomic mass is 10.1. The van der Waals surface area contributed by atoms with Gasteiger partial charge in [0, 0.05) is 22.2 Å². The standard InChI is InChI=1S/C29H21N3O5S/c33-26(19-8-2-1-3-9-19)31-25(17-21-11-7-15-37-21)27(34)30-20-10-6-12-22(16-20)38-18-32-28(35)23-13-4-5-14-24(23)29(32)36/h1-17H,18H2,(H,30,34)(H,31,33)/b25-17+. The molecule has 0 spiro atoms. The summed E-state index contributed by atoms with van der Waals surface area (Å²) < 4.78 is 5.32. The molecule has 9 heteroatoms. The molecule has 0 unspecified atom stereocenters. The first-order valence-corrected chi connectivity index (χ1v) is 12.6. The van der Waals surface area contributed by atoms with Gasteiger partial charge in [-0.05, 0) is 54.6 Å². The van der Waals surface area contributed by atoms with E-state index < -0.39 is 11.8 Å². The minimum atomic E-state index is -0.548. The molecule has 2 N–H and O–H groups in total. The highest BCUT2D eigenvalue weighted by Crippen LogP contribution is 2.28. The van der Waals surface area contributed by atoms with Crippen molar-refractivity contribution in [2.75, 3.05) is 11.2 Å². The number of thioether (sulfide) groups is 1. The van der Waals surface area contributed by atoms with Crippen molar-refractivity contribution in [3.8, 4) is 0 Å². The number of carbonyl (C=O) groups excluding carboxylic acids is 4. The van der Waals surface area contributed by atoms with Crippen LogP contribution in [0.5, 0.6) is 0 Å². The Kier molecular flexibility index (Phi) is 7.19. The molecule has 4 amide bonds. The van der Waals surface area contributed by atoms with Crippen molar-refractivity contribution < 1.29 is 23.6 Å². The van der Waals surface area contributed by atoms with Gasteiger partial charge in [-0.2, -0.15) is 0 Å². The van der Waals surface area contributed by atoms with E-state index in [2.05, 4.69) is 10.6 Å². The van der Waals surface area contributed by atoms with Gasteiger partial charge in [-0.1, -0.05) is 36.4 Å². The minimum absolute atomic E-state index is 0.00196. The van der Waals surface area contributed by atoms with Crippen molar-refractivity contribution in [1.82, 2.24) is 10.2 Å². The maximum absolute atomic E-state index is 13.2. The number of furan rings is 1. The second kappa shape index (κ2) is 11.0. The molecule has 1 aliphatic rings. The number of rotatable bonds is 8. The number of anilines is 1. The molecule has 0 aliphatic carbocycles. The maximum atomic E-state index is 13.2. The highest BCUT2D eigenvalue weighted by atomic mass is 32.2. The summed E-state index contributed by atoms with van der Waals surface area (Å²) in [5.41, 5.74) is 1.66. The molecule has 1 aromatic heterocycles. The van der Waals surface area contributed by atoms with Crippen LogP contribution in [0.15, 0.2) is 112 Å².